The van der Waals surface area contributed by atoms with Crippen LogP contribution >= 0.6 is 0 Å². The quantitative estimate of drug-likeness (QED) is 0.825. The lowest BCUT2D eigenvalue weighted by atomic mass is 9.76. The van der Waals surface area contributed by atoms with E-state index in [0.29, 0.717) is 24.2 Å². The van der Waals surface area contributed by atoms with Crippen LogP contribution in [0.5, 0.6) is 0 Å². The first-order valence-electron chi connectivity index (χ1n) is 6.75. The lowest BCUT2D eigenvalue weighted by Gasteiger charge is -2.28. The van der Waals surface area contributed by atoms with E-state index in [9.17, 15) is 14.7 Å². The Hall–Kier alpha value is -2.04. The predicted molar refractivity (Wildman–Crippen MR) is 76.3 cm³/mol. The topological polar surface area (TPSA) is 83.6 Å². The highest BCUT2D eigenvalue weighted by Crippen LogP contribution is 2.38. The number of amides is 1. The summed E-state index contributed by atoms with van der Waals surface area (Å²) in [5.74, 6) is -1.04. The van der Waals surface area contributed by atoms with Gasteiger partial charge in [0.25, 0.3) is 5.91 Å². The highest BCUT2D eigenvalue weighted by Gasteiger charge is 2.48. The Balaban J connectivity index is 2.23. The average molecular weight is 276 g/mol. The van der Waals surface area contributed by atoms with Crippen molar-refractivity contribution in [3.8, 4) is 0 Å². The van der Waals surface area contributed by atoms with Crippen LogP contribution in [-0.2, 0) is 4.79 Å². The number of rotatable bonds is 3. The minimum absolute atomic E-state index is 0.0223. The van der Waals surface area contributed by atoms with E-state index in [-0.39, 0.29) is 18.4 Å². The normalized spacial score (nSPS) is 22.2. The van der Waals surface area contributed by atoms with E-state index in [4.69, 9.17) is 5.73 Å². The highest BCUT2D eigenvalue weighted by molar-refractivity contribution is 5.99. The van der Waals surface area contributed by atoms with Gasteiger partial charge in [0.1, 0.15) is 0 Å². The number of anilines is 1. The minimum Gasteiger partial charge on any atom is -0.481 e. The second-order valence-corrected chi connectivity index (χ2v) is 5.68. The molecule has 5 nitrogen and oxygen atoms in total. The lowest BCUT2D eigenvalue weighted by molar-refractivity contribution is -0.150. The maximum Gasteiger partial charge on any atom is 0.311 e. The number of aliphatic carboxylic acids is 1. The van der Waals surface area contributed by atoms with E-state index < -0.39 is 11.4 Å². The summed E-state index contributed by atoms with van der Waals surface area (Å²) in [7, 11) is 0. The summed E-state index contributed by atoms with van der Waals surface area (Å²) < 4.78 is 0. The monoisotopic (exact) mass is 276 g/mol. The fourth-order valence-electron chi connectivity index (χ4n) is 2.76. The molecule has 108 valence electrons. The molecular formula is C15H20N2O3. The van der Waals surface area contributed by atoms with Crippen LogP contribution in [0.4, 0.5) is 5.69 Å². The molecule has 2 rings (SSSR count). The molecule has 1 fully saturated rings. The van der Waals surface area contributed by atoms with Crippen molar-refractivity contribution < 1.29 is 14.7 Å². The van der Waals surface area contributed by atoms with Crippen LogP contribution < -0.4 is 5.73 Å². The average Bonchev–Trinajstić information content (AvgIpc) is 2.85. The first-order chi connectivity index (χ1) is 9.38. The summed E-state index contributed by atoms with van der Waals surface area (Å²) in [5, 5.41) is 9.50. The molecule has 1 atom stereocenters. The molecule has 0 saturated carbocycles. The second kappa shape index (κ2) is 5.15. The van der Waals surface area contributed by atoms with Gasteiger partial charge >= 0.3 is 5.97 Å². The molecule has 1 aromatic rings. The largest absolute Gasteiger partial charge is 0.481 e. The molecule has 0 radical (unpaired) electrons. The number of carboxylic acid groups (broad SMARTS) is 1. The van der Waals surface area contributed by atoms with E-state index >= 15 is 0 Å². The van der Waals surface area contributed by atoms with Gasteiger partial charge < -0.3 is 15.7 Å². The predicted octanol–water partition coefficient (Wildman–Crippen LogP) is 1.84. The van der Waals surface area contributed by atoms with Gasteiger partial charge in [-0.25, -0.2) is 0 Å². The van der Waals surface area contributed by atoms with Gasteiger partial charge in [0.2, 0.25) is 0 Å². The van der Waals surface area contributed by atoms with E-state index in [2.05, 4.69) is 0 Å². The summed E-state index contributed by atoms with van der Waals surface area (Å²) in [6.07, 6.45) is 0.485. The van der Waals surface area contributed by atoms with Crippen molar-refractivity contribution in [1.82, 2.24) is 4.90 Å². The van der Waals surface area contributed by atoms with Gasteiger partial charge in [-0.15, -0.1) is 0 Å². The number of hydrogen-bond donors (Lipinski definition) is 2. The number of carbonyl (C=O) groups excluding carboxylic acids is 1. The number of benzene rings is 1. The molecule has 1 amide bonds. The molecular weight excluding hydrogens is 256 g/mol. The maximum atomic E-state index is 12.5. The number of likely N-dealkylation sites (tertiary alicyclic amines) is 1. The number of carboxylic acids is 1. The highest BCUT2D eigenvalue weighted by atomic mass is 16.4. The van der Waals surface area contributed by atoms with Crippen LogP contribution in [0.3, 0.4) is 0 Å². The summed E-state index contributed by atoms with van der Waals surface area (Å²) in [5.41, 5.74) is 5.83. The molecule has 1 aliphatic heterocycles. The SMILES string of the molecule is CC(C)C1(C(=O)O)CCN(C(=O)c2ccccc2N)C1. The van der Waals surface area contributed by atoms with Crippen molar-refractivity contribution in [2.45, 2.75) is 20.3 Å². The molecule has 5 heteroatoms. The standard InChI is InChI=1S/C15H20N2O3/c1-10(2)15(14(19)20)7-8-17(9-15)13(18)11-5-3-4-6-12(11)16/h3-6,10H,7-9,16H2,1-2H3,(H,19,20). The first-order valence-corrected chi connectivity index (χ1v) is 6.75. The van der Waals surface area contributed by atoms with Gasteiger partial charge in [-0.3, -0.25) is 9.59 Å². The van der Waals surface area contributed by atoms with Crippen LogP contribution in [0.2, 0.25) is 0 Å². The van der Waals surface area contributed by atoms with Crippen LogP contribution in [0.1, 0.15) is 30.6 Å². The molecule has 1 heterocycles. The zero-order valence-electron chi connectivity index (χ0n) is 11.8. The van der Waals surface area contributed by atoms with Gasteiger partial charge in [-0.1, -0.05) is 26.0 Å². The zero-order valence-corrected chi connectivity index (χ0v) is 11.8. The van der Waals surface area contributed by atoms with Crippen molar-refractivity contribution >= 4 is 17.6 Å². The van der Waals surface area contributed by atoms with Gasteiger partial charge in [0.05, 0.1) is 11.0 Å². The number of nitrogen functional groups attached to an aromatic ring is 1. The van der Waals surface area contributed by atoms with Crippen molar-refractivity contribution in [1.29, 1.82) is 0 Å². The Morgan fingerprint density at radius 2 is 2.00 bits per heavy atom. The van der Waals surface area contributed by atoms with Gasteiger partial charge in [0, 0.05) is 18.8 Å². The Kier molecular flexibility index (Phi) is 3.70. The third kappa shape index (κ3) is 2.24. The Morgan fingerprint density at radius 1 is 1.35 bits per heavy atom. The fourth-order valence-corrected chi connectivity index (χ4v) is 2.76. The van der Waals surface area contributed by atoms with E-state index in [1.807, 2.05) is 13.8 Å². The van der Waals surface area contributed by atoms with Crippen LogP contribution in [-0.4, -0.2) is 35.0 Å². The molecule has 20 heavy (non-hydrogen) atoms. The Labute approximate surface area is 118 Å². The van der Waals surface area contributed by atoms with Crippen molar-refractivity contribution in [3.05, 3.63) is 29.8 Å². The number of nitrogens with zero attached hydrogens (tertiary/aromatic N) is 1. The van der Waals surface area contributed by atoms with Crippen molar-refractivity contribution in [3.63, 3.8) is 0 Å². The van der Waals surface area contributed by atoms with Crippen LogP contribution in [0.15, 0.2) is 24.3 Å². The van der Waals surface area contributed by atoms with Crippen molar-refractivity contribution in [2.24, 2.45) is 11.3 Å². The molecule has 1 aromatic carbocycles. The Bertz CT molecular complexity index is 542. The molecule has 0 bridgehead atoms. The van der Waals surface area contributed by atoms with Gasteiger partial charge in [-0.05, 0) is 24.5 Å². The molecule has 0 aromatic heterocycles. The third-order valence-corrected chi connectivity index (χ3v) is 4.31. The Morgan fingerprint density at radius 3 is 2.50 bits per heavy atom. The summed E-state index contributed by atoms with van der Waals surface area (Å²) >= 11 is 0. The molecule has 1 saturated heterocycles. The summed E-state index contributed by atoms with van der Waals surface area (Å²) in [6, 6.07) is 6.88. The molecule has 1 unspecified atom stereocenters. The maximum absolute atomic E-state index is 12.5. The number of hydrogen-bond acceptors (Lipinski definition) is 3. The third-order valence-electron chi connectivity index (χ3n) is 4.31. The second-order valence-electron chi connectivity index (χ2n) is 5.68. The lowest BCUT2D eigenvalue weighted by Crippen LogP contribution is -2.40. The summed E-state index contributed by atoms with van der Waals surface area (Å²) in [4.78, 5) is 25.6. The van der Waals surface area contributed by atoms with Crippen molar-refractivity contribution in [2.75, 3.05) is 18.8 Å². The summed E-state index contributed by atoms with van der Waals surface area (Å²) in [6.45, 7) is 4.47. The number of nitrogens with two attached hydrogens (primary N) is 1. The minimum atomic E-state index is -0.848. The van der Waals surface area contributed by atoms with E-state index in [0.717, 1.165) is 0 Å². The molecule has 0 spiro atoms. The molecule has 1 aliphatic rings. The molecule has 3 N–H and O–H groups in total. The fraction of sp³-hybridized carbons (Fsp3) is 0.467. The number of para-hydroxylation sites is 1. The van der Waals surface area contributed by atoms with Crippen LogP contribution in [0, 0.1) is 11.3 Å². The molecule has 0 aliphatic carbocycles. The van der Waals surface area contributed by atoms with Crippen LogP contribution in [0.25, 0.3) is 0 Å². The number of carbonyl (C=O) groups is 2. The smallest absolute Gasteiger partial charge is 0.311 e. The van der Waals surface area contributed by atoms with Gasteiger partial charge in [-0.2, -0.15) is 0 Å². The van der Waals surface area contributed by atoms with E-state index in [1.54, 1.807) is 29.2 Å². The van der Waals surface area contributed by atoms with E-state index in [1.165, 1.54) is 0 Å². The zero-order chi connectivity index (χ0) is 14.9. The van der Waals surface area contributed by atoms with Gasteiger partial charge in [0.15, 0.2) is 0 Å². The first kappa shape index (κ1) is 14.4.